The van der Waals surface area contributed by atoms with E-state index in [0.29, 0.717) is 39.9 Å². The van der Waals surface area contributed by atoms with E-state index in [-0.39, 0.29) is 11.3 Å². The van der Waals surface area contributed by atoms with Crippen LogP contribution in [0.4, 0.5) is 0 Å². The van der Waals surface area contributed by atoms with Crippen LogP contribution in [0.5, 0.6) is 28.7 Å². The highest BCUT2D eigenvalue weighted by Gasteiger charge is 2.48. The Labute approximate surface area is 203 Å². The normalized spacial score (nSPS) is 16.8. The lowest BCUT2D eigenvalue weighted by molar-refractivity contribution is -0.149. The van der Waals surface area contributed by atoms with Crippen LogP contribution in [0.15, 0.2) is 35.9 Å². The molecular formula is C25H28O10. The van der Waals surface area contributed by atoms with Gasteiger partial charge in [-0.15, -0.1) is 0 Å². The molecule has 2 aromatic carbocycles. The standard InChI is InChI=1S/C25H28O10/c1-28-15-9-8-13(10-16(15)29-2)21-19(24(26)33-6)20(25(27)34-7)22(35-21)14-11-17(30-3)23(32-5)18(12-14)31-4/h8-12,19,21H,1-7H3/t19-,21+/m1/s1. The van der Waals surface area contributed by atoms with Crippen LogP contribution in [0.1, 0.15) is 17.2 Å². The second-order valence-corrected chi connectivity index (χ2v) is 7.30. The number of methoxy groups -OCH3 is 7. The van der Waals surface area contributed by atoms with Gasteiger partial charge in [0.05, 0.1) is 55.3 Å². The number of esters is 2. The van der Waals surface area contributed by atoms with Crippen molar-refractivity contribution in [2.45, 2.75) is 6.10 Å². The molecule has 2 atom stereocenters. The van der Waals surface area contributed by atoms with Gasteiger partial charge in [-0.1, -0.05) is 6.07 Å². The van der Waals surface area contributed by atoms with Gasteiger partial charge in [0.25, 0.3) is 0 Å². The van der Waals surface area contributed by atoms with Gasteiger partial charge in [0, 0.05) is 5.56 Å². The lowest BCUT2D eigenvalue weighted by Gasteiger charge is -2.20. The van der Waals surface area contributed by atoms with Crippen LogP contribution >= 0.6 is 0 Å². The number of benzene rings is 2. The number of ether oxygens (including phenoxy) is 8. The molecular weight excluding hydrogens is 460 g/mol. The van der Waals surface area contributed by atoms with Crippen LogP contribution < -0.4 is 23.7 Å². The van der Waals surface area contributed by atoms with Crippen LogP contribution in [0.2, 0.25) is 0 Å². The molecule has 10 heteroatoms. The molecule has 0 bridgehead atoms. The maximum absolute atomic E-state index is 13.0. The third kappa shape index (κ3) is 4.64. The highest BCUT2D eigenvalue weighted by atomic mass is 16.6. The summed E-state index contributed by atoms with van der Waals surface area (Å²) in [5.74, 6) is -0.464. The molecule has 0 unspecified atom stereocenters. The van der Waals surface area contributed by atoms with Gasteiger partial charge in [-0.3, -0.25) is 4.79 Å². The predicted molar refractivity (Wildman–Crippen MR) is 124 cm³/mol. The van der Waals surface area contributed by atoms with Crippen molar-refractivity contribution in [1.82, 2.24) is 0 Å². The van der Waals surface area contributed by atoms with Crippen LogP contribution in [0, 0.1) is 5.92 Å². The molecule has 0 spiro atoms. The van der Waals surface area contributed by atoms with Crippen molar-refractivity contribution in [2.24, 2.45) is 5.92 Å². The van der Waals surface area contributed by atoms with Crippen LogP contribution in [0.3, 0.4) is 0 Å². The fourth-order valence-corrected chi connectivity index (χ4v) is 3.98. The molecule has 1 heterocycles. The average molecular weight is 488 g/mol. The molecule has 0 saturated heterocycles. The van der Waals surface area contributed by atoms with Crippen LogP contribution in [-0.4, -0.2) is 61.7 Å². The SMILES string of the molecule is COC(=O)C1=C(c2cc(OC)c(OC)c(OC)c2)O[C@@H](c2ccc(OC)c(OC)c2)[C@@H]1C(=O)OC. The quantitative estimate of drug-likeness (QED) is 0.488. The van der Waals surface area contributed by atoms with Gasteiger partial charge in [0.15, 0.2) is 23.0 Å². The van der Waals surface area contributed by atoms with Crippen molar-refractivity contribution in [2.75, 3.05) is 49.8 Å². The van der Waals surface area contributed by atoms with E-state index in [9.17, 15) is 9.59 Å². The highest BCUT2D eigenvalue weighted by Crippen LogP contribution is 2.49. The smallest absolute Gasteiger partial charge is 0.338 e. The summed E-state index contributed by atoms with van der Waals surface area (Å²) in [7, 11) is 9.88. The number of carbonyl (C=O) groups is 2. The fraction of sp³-hybridized carbons (Fsp3) is 0.360. The molecule has 188 valence electrons. The second kappa shape index (κ2) is 10.9. The lowest BCUT2D eigenvalue weighted by atomic mass is 9.89. The van der Waals surface area contributed by atoms with E-state index in [1.165, 1.54) is 49.8 Å². The zero-order valence-corrected chi connectivity index (χ0v) is 20.6. The van der Waals surface area contributed by atoms with Crippen molar-refractivity contribution in [3.63, 3.8) is 0 Å². The minimum atomic E-state index is -1.13. The summed E-state index contributed by atoms with van der Waals surface area (Å²) in [5.41, 5.74) is 0.965. The largest absolute Gasteiger partial charge is 0.493 e. The molecule has 0 fully saturated rings. The van der Waals surface area contributed by atoms with Crippen molar-refractivity contribution < 1.29 is 47.5 Å². The Hall–Kier alpha value is -4.08. The molecule has 1 aliphatic heterocycles. The number of hydrogen-bond donors (Lipinski definition) is 0. The third-order valence-corrected chi connectivity index (χ3v) is 5.63. The van der Waals surface area contributed by atoms with Gasteiger partial charge in [-0.05, 0) is 29.8 Å². The molecule has 0 amide bonds. The van der Waals surface area contributed by atoms with Gasteiger partial charge in [0.1, 0.15) is 17.8 Å². The summed E-state index contributed by atoms with van der Waals surface area (Å²) < 4.78 is 43.3. The summed E-state index contributed by atoms with van der Waals surface area (Å²) in [6.07, 6.45) is -0.926. The molecule has 0 aliphatic carbocycles. The molecule has 0 N–H and O–H groups in total. The Morgan fingerprint density at radius 3 is 1.80 bits per heavy atom. The Bertz CT molecular complexity index is 1110. The van der Waals surface area contributed by atoms with Crippen molar-refractivity contribution in [3.05, 3.63) is 47.0 Å². The maximum atomic E-state index is 13.0. The molecule has 1 aliphatic rings. The zero-order valence-electron chi connectivity index (χ0n) is 20.6. The predicted octanol–water partition coefficient (Wildman–Crippen LogP) is 3.17. The van der Waals surface area contributed by atoms with E-state index in [0.717, 1.165) is 0 Å². The topological polar surface area (TPSA) is 108 Å². The number of hydrogen-bond acceptors (Lipinski definition) is 10. The maximum Gasteiger partial charge on any atom is 0.338 e. The summed E-state index contributed by atoms with van der Waals surface area (Å²) in [6.45, 7) is 0. The van der Waals surface area contributed by atoms with Gasteiger partial charge in [-0.2, -0.15) is 0 Å². The Balaban J connectivity index is 2.25. The van der Waals surface area contributed by atoms with Crippen molar-refractivity contribution >= 4 is 17.7 Å². The molecule has 2 aromatic rings. The van der Waals surface area contributed by atoms with E-state index in [1.54, 1.807) is 30.3 Å². The van der Waals surface area contributed by atoms with E-state index < -0.39 is 24.0 Å². The third-order valence-electron chi connectivity index (χ3n) is 5.63. The molecule has 3 rings (SSSR count). The minimum Gasteiger partial charge on any atom is -0.493 e. The average Bonchev–Trinajstić information content (AvgIpc) is 3.31. The molecule has 0 saturated carbocycles. The first kappa shape index (κ1) is 25.5. The zero-order chi connectivity index (χ0) is 25.7. The van der Waals surface area contributed by atoms with E-state index in [1.807, 2.05) is 0 Å². The first-order chi connectivity index (χ1) is 16.9. The number of carbonyl (C=O) groups excluding carboxylic acids is 2. The highest BCUT2D eigenvalue weighted by molar-refractivity contribution is 6.03. The minimum absolute atomic E-state index is 0.00610. The first-order valence-corrected chi connectivity index (χ1v) is 10.5. The van der Waals surface area contributed by atoms with E-state index in [2.05, 4.69) is 0 Å². The first-order valence-electron chi connectivity index (χ1n) is 10.5. The monoisotopic (exact) mass is 488 g/mol. The summed E-state index contributed by atoms with van der Waals surface area (Å²) in [4.78, 5) is 25.9. The van der Waals surface area contributed by atoms with Crippen LogP contribution in [0.25, 0.3) is 5.76 Å². The van der Waals surface area contributed by atoms with Crippen molar-refractivity contribution in [1.29, 1.82) is 0 Å². The summed E-state index contributed by atoms with van der Waals surface area (Å²) in [6, 6.07) is 8.30. The summed E-state index contributed by atoms with van der Waals surface area (Å²) >= 11 is 0. The molecule has 35 heavy (non-hydrogen) atoms. The van der Waals surface area contributed by atoms with Gasteiger partial charge in [-0.25, -0.2) is 4.79 Å². The Morgan fingerprint density at radius 1 is 0.714 bits per heavy atom. The van der Waals surface area contributed by atoms with E-state index >= 15 is 0 Å². The van der Waals surface area contributed by atoms with Crippen LogP contribution in [-0.2, 0) is 23.8 Å². The van der Waals surface area contributed by atoms with Gasteiger partial charge < -0.3 is 37.9 Å². The number of rotatable bonds is 9. The Kier molecular flexibility index (Phi) is 7.95. The van der Waals surface area contributed by atoms with Gasteiger partial charge in [0.2, 0.25) is 5.75 Å². The van der Waals surface area contributed by atoms with E-state index in [4.69, 9.17) is 37.9 Å². The fourth-order valence-electron chi connectivity index (χ4n) is 3.98. The molecule has 0 radical (unpaired) electrons. The molecule has 10 nitrogen and oxygen atoms in total. The Morgan fingerprint density at radius 2 is 1.31 bits per heavy atom. The lowest BCUT2D eigenvalue weighted by Crippen LogP contribution is -2.26. The second-order valence-electron chi connectivity index (χ2n) is 7.30. The summed E-state index contributed by atoms with van der Waals surface area (Å²) in [5, 5.41) is 0. The molecule has 0 aromatic heterocycles. The van der Waals surface area contributed by atoms with Crippen molar-refractivity contribution in [3.8, 4) is 28.7 Å². The van der Waals surface area contributed by atoms with Gasteiger partial charge >= 0.3 is 11.9 Å².